The predicted molar refractivity (Wildman–Crippen MR) is 118 cm³/mol. The molecule has 0 radical (unpaired) electrons. The Bertz CT molecular complexity index is 1630. The van der Waals surface area contributed by atoms with Crippen molar-refractivity contribution < 1.29 is 17.5 Å². The summed E-state index contributed by atoms with van der Waals surface area (Å²) in [6.45, 7) is 0.253. The van der Waals surface area contributed by atoms with Crippen molar-refractivity contribution in [2.24, 2.45) is 0 Å². The first-order chi connectivity index (χ1) is 16.0. The Labute approximate surface area is 187 Å². The Kier molecular flexibility index (Phi) is 3.63. The second kappa shape index (κ2) is 6.38. The highest BCUT2D eigenvalue weighted by Gasteiger charge is 2.49. The molecule has 0 bridgehead atoms. The van der Waals surface area contributed by atoms with Crippen LogP contribution >= 0.6 is 0 Å². The summed E-state index contributed by atoms with van der Waals surface area (Å²) in [5.74, 6) is 1.25. The van der Waals surface area contributed by atoms with Gasteiger partial charge in [-0.15, -0.1) is 10.2 Å². The van der Waals surface area contributed by atoms with E-state index < -0.39 is 9.84 Å². The number of sulfone groups is 1. The molecule has 0 unspecified atom stereocenters. The third-order valence-corrected chi connectivity index (χ3v) is 7.93. The van der Waals surface area contributed by atoms with E-state index in [1.165, 1.54) is 17.8 Å². The average molecular weight is 461 g/mol. The molecule has 1 fully saturated rings. The van der Waals surface area contributed by atoms with Gasteiger partial charge in [-0.25, -0.2) is 17.8 Å². The van der Waals surface area contributed by atoms with Crippen LogP contribution in [0.2, 0.25) is 0 Å². The topological polar surface area (TPSA) is 98.5 Å². The van der Waals surface area contributed by atoms with Gasteiger partial charge in [0.2, 0.25) is 5.95 Å². The lowest BCUT2D eigenvalue weighted by molar-refractivity contribution is 0.318. The molecule has 1 saturated carbocycles. The number of anilines is 1. The fraction of sp³-hybridized carbons (Fsp3) is 0.174. The van der Waals surface area contributed by atoms with Crippen molar-refractivity contribution in [3.8, 4) is 16.9 Å². The Morgan fingerprint density at radius 3 is 3.06 bits per heavy atom. The van der Waals surface area contributed by atoms with Crippen molar-refractivity contribution in [2.75, 3.05) is 5.32 Å². The molecule has 33 heavy (non-hydrogen) atoms. The molecule has 2 aromatic heterocycles. The molecular formula is C23H16FN5O3S. The summed E-state index contributed by atoms with van der Waals surface area (Å²) in [5, 5.41) is 12.7. The summed E-state index contributed by atoms with van der Waals surface area (Å²) in [7, 11) is -3.36. The highest BCUT2D eigenvalue weighted by Crippen LogP contribution is 2.55. The number of hydrogen-bond donors (Lipinski definition) is 1. The summed E-state index contributed by atoms with van der Waals surface area (Å²) in [6, 6.07) is 8.25. The van der Waals surface area contributed by atoms with Crippen molar-refractivity contribution >= 4 is 27.5 Å². The first kappa shape index (κ1) is 18.8. The van der Waals surface area contributed by atoms with Gasteiger partial charge < -0.3 is 10.1 Å². The summed E-state index contributed by atoms with van der Waals surface area (Å²) < 4.78 is 46.3. The van der Waals surface area contributed by atoms with Crippen LogP contribution in [0.25, 0.3) is 22.9 Å². The van der Waals surface area contributed by atoms with E-state index >= 15 is 0 Å². The molecule has 164 valence electrons. The molecule has 3 aliphatic rings. The molecule has 8 nitrogen and oxygen atoms in total. The smallest absolute Gasteiger partial charge is 0.210 e. The summed E-state index contributed by atoms with van der Waals surface area (Å²) in [4.78, 5) is 4.81. The molecule has 0 saturated heterocycles. The van der Waals surface area contributed by atoms with Crippen LogP contribution in [-0.2, 0) is 16.4 Å². The van der Waals surface area contributed by atoms with Gasteiger partial charge in [0.1, 0.15) is 24.0 Å². The zero-order valence-electron chi connectivity index (χ0n) is 17.1. The van der Waals surface area contributed by atoms with E-state index in [-0.39, 0.29) is 29.3 Å². The van der Waals surface area contributed by atoms with E-state index in [9.17, 15) is 12.8 Å². The Morgan fingerprint density at radius 2 is 2.15 bits per heavy atom. The van der Waals surface area contributed by atoms with E-state index in [0.717, 1.165) is 23.3 Å². The fourth-order valence-electron chi connectivity index (χ4n) is 4.74. The molecular weight excluding hydrogens is 445 g/mol. The molecule has 0 spiro atoms. The van der Waals surface area contributed by atoms with Gasteiger partial charge in [-0.1, -0.05) is 6.07 Å². The van der Waals surface area contributed by atoms with Crippen molar-refractivity contribution in [1.29, 1.82) is 0 Å². The Hall–Kier alpha value is -3.79. The standard InChI is InChI=1S/C23H16FN5O3S/c24-17-2-3-18-21(14-8-19(14)32-18)16(17)10-26-23-25-9-15(22-28-27-11-29(22)23)12-1-4-20-13(7-12)5-6-33(20,30)31/h1-7,9,11,14,19H,8,10H2,(H,25,26)/t14-,19+/m1/s1. The predicted octanol–water partition coefficient (Wildman–Crippen LogP) is 3.55. The molecule has 1 N–H and O–H groups in total. The molecule has 2 aliphatic heterocycles. The van der Waals surface area contributed by atoms with Crippen LogP contribution in [0.4, 0.5) is 10.3 Å². The number of hydrogen-bond acceptors (Lipinski definition) is 7. The molecule has 0 amide bonds. The highest BCUT2D eigenvalue weighted by atomic mass is 32.2. The average Bonchev–Trinajstić information content (AvgIpc) is 3.12. The van der Waals surface area contributed by atoms with Crippen LogP contribution in [-0.4, -0.2) is 34.1 Å². The van der Waals surface area contributed by atoms with Gasteiger partial charge in [-0.3, -0.25) is 4.40 Å². The van der Waals surface area contributed by atoms with Crippen LogP contribution in [0, 0.1) is 5.82 Å². The second-order valence-electron chi connectivity index (χ2n) is 8.41. The maximum atomic E-state index is 14.6. The number of halogens is 1. The highest BCUT2D eigenvalue weighted by molar-refractivity contribution is 7.94. The maximum Gasteiger partial charge on any atom is 0.210 e. The van der Waals surface area contributed by atoms with Crippen molar-refractivity contribution in [3.05, 3.63) is 70.8 Å². The number of aromatic nitrogens is 4. The third kappa shape index (κ3) is 2.73. The first-order valence-electron chi connectivity index (χ1n) is 10.5. The zero-order valence-corrected chi connectivity index (χ0v) is 17.9. The molecule has 4 heterocycles. The zero-order chi connectivity index (χ0) is 22.3. The van der Waals surface area contributed by atoms with Gasteiger partial charge in [0.15, 0.2) is 15.5 Å². The van der Waals surface area contributed by atoms with Gasteiger partial charge >= 0.3 is 0 Å². The minimum atomic E-state index is -3.36. The van der Waals surface area contributed by atoms with Crippen LogP contribution in [0.5, 0.6) is 5.75 Å². The maximum absolute atomic E-state index is 14.6. The first-order valence-corrected chi connectivity index (χ1v) is 12.0. The number of ether oxygens (including phenoxy) is 1. The van der Waals surface area contributed by atoms with Crippen molar-refractivity contribution in [2.45, 2.75) is 29.9 Å². The van der Waals surface area contributed by atoms with Gasteiger partial charge in [0.25, 0.3) is 0 Å². The largest absolute Gasteiger partial charge is 0.489 e. The minimum Gasteiger partial charge on any atom is -0.489 e. The number of benzene rings is 2. The molecule has 2 aromatic carbocycles. The lowest BCUT2D eigenvalue weighted by Gasteiger charge is -2.14. The normalized spacial score (nSPS) is 20.9. The molecule has 1 aliphatic carbocycles. The van der Waals surface area contributed by atoms with E-state index in [4.69, 9.17) is 4.74 Å². The number of nitrogens with one attached hydrogen (secondary N) is 1. The van der Waals surface area contributed by atoms with Crippen molar-refractivity contribution in [1.82, 2.24) is 19.6 Å². The summed E-state index contributed by atoms with van der Waals surface area (Å²) >= 11 is 0. The number of rotatable bonds is 4. The third-order valence-electron chi connectivity index (χ3n) is 6.45. The lowest BCUT2D eigenvalue weighted by atomic mass is 10.0. The van der Waals surface area contributed by atoms with E-state index in [0.29, 0.717) is 28.3 Å². The quantitative estimate of drug-likeness (QED) is 0.496. The van der Waals surface area contributed by atoms with E-state index in [1.807, 2.05) is 0 Å². The van der Waals surface area contributed by atoms with Crippen molar-refractivity contribution in [3.63, 3.8) is 0 Å². The Balaban J connectivity index is 1.24. The lowest BCUT2D eigenvalue weighted by Crippen LogP contribution is -2.10. The van der Waals surface area contributed by atoms with Crippen LogP contribution < -0.4 is 10.1 Å². The summed E-state index contributed by atoms with van der Waals surface area (Å²) in [5.41, 5.74) is 4.21. The minimum absolute atomic E-state index is 0.180. The van der Waals surface area contributed by atoms with Crippen LogP contribution in [0.3, 0.4) is 0 Å². The second-order valence-corrected chi connectivity index (χ2v) is 10.2. The van der Waals surface area contributed by atoms with Gasteiger partial charge in [-0.05, 0) is 47.9 Å². The van der Waals surface area contributed by atoms with E-state index in [2.05, 4.69) is 20.5 Å². The molecule has 7 rings (SSSR count). The molecule has 4 aromatic rings. The fourth-order valence-corrected chi connectivity index (χ4v) is 5.92. The summed E-state index contributed by atoms with van der Waals surface area (Å²) in [6.07, 6.45) is 5.90. The van der Waals surface area contributed by atoms with E-state index in [1.54, 1.807) is 40.9 Å². The van der Waals surface area contributed by atoms with Gasteiger partial charge in [0, 0.05) is 40.8 Å². The molecule has 10 heteroatoms. The number of nitrogens with zero attached hydrogens (tertiary/aromatic N) is 4. The van der Waals surface area contributed by atoms with Crippen LogP contribution in [0.1, 0.15) is 29.0 Å². The van der Waals surface area contributed by atoms with Crippen LogP contribution in [0.15, 0.2) is 53.2 Å². The Morgan fingerprint density at radius 1 is 1.24 bits per heavy atom. The SMILES string of the molecule is O=S1(=O)C=Cc2cc(-c3cnc(NCc4c(F)ccc5c4[C@@H]4C[C@@H]4O5)n4cnnc34)ccc21. The van der Waals surface area contributed by atoms with Gasteiger partial charge in [-0.2, -0.15) is 0 Å². The number of fused-ring (bicyclic) bond motifs is 5. The molecule has 2 atom stereocenters. The monoisotopic (exact) mass is 461 g/mol. The van der Waals surface area contributed by atoms with Gasteiger partial charge in [0.05, 0.1) is 4.90 Å².